The summed E-state index contributed by atoms with van der Waals surface area (Å²) in [4.78, 5) is 21.7. The summed E-state index contributed by atoms with van der Waals surface area (Å²) in [5.74, 6) is -0.221. The lowest BCUT2D eigenvalue weighted by Gasteiger charge is -2.16. The molecule has 5 heteroatoms. The third kappa shape index (κ3) is 3.13. The van der Waals surface area contributed by atoms with Crippen LogP contribution in [0.15, 0.2) is 42.9 Å². The van der Waals surface area contributed by atoms with Crippen molar-refractivity contribution in [1.82, 2.24) is 14.9 Å². The molecule has 2 aromatic heterocycles. The van der Waals surface area contributed by atoms with Crippen LogP contribution in [-0.2, 0) is 6.54 Å². The SMILES string of the molecule is CN(Cc1cccnc1)C(=O)c1cc(C#N)ccn1. The van der Waals surface area contributed by atoms with Gasteiger partial charge in [0.25, 0.3) is 5.91 Å². The van der Waals surface area contributed by atoms with E-state index in [1.807, 2.05) is 18.2 Å². The third-order valence-electron chi connectivity index (χ3n) is 2.60. The number of carbonyl (C=O) groups is 1. The number of rotatable bonds is 3. The van der Waals surface area contributed by atoms with E-state index in [0.29, 0.717) is 12.1 Å². The fraction of sp³-hybridized carbons (Fsp3) is 0.143. The maximum atomic E-state index is 12.2. The minimum Gasteiger partial charge on any atom is -0.336 e. The van der Waals surface area contributed by atoms with Gasteiger partial charge in [-0.3, -0.25) is 14.8 Å². The second-order valence-electron chi connectivity index (χ2n) is 4.06. The topological polar surface area (TPSA) is 69.9 Å². The lowest BCUT2D eigenvalue weighted by molar-refractivity contribution is 0.0779. The fourth-order valence-electron chi connectivity index (χ4n) is 1.65. The highest BCUT2D eigenvalue weighted by atomic mass is 16.2. The lowest BCUT2D eigenvalue weighted by atomic mass is 10.2. The maximum absolute atomic E-state index is 12.2. The van der Waals surface area contributed by atoms with Crippen molar-refractivity contribution >= 4 is 5.91 Å². The fourth-order valence-corrected chi connectivity index (χ4v) is 1.65. The van der Waals surface area contributed by atoms with Gasteiger partial charge in [-0.15, -0.1) is 0 Å². The maximum Gasteiger partial charge on any atom is 0.272 e. The first kappa shape index (κ1) is 12.7. The van der Waals surface area contributed by atoms with E-state index in [4.69, 9.17) is 5.26 Å². The van der Waals surface area contributed by atoms with E-state index in [1.165, 1.54) is 12.3 Å². The Morgan fingerprint density at radius 1 is 1.42 bits per heavy atom. The van der Waals surface area contributed by atoms with E-state index in [2.05, 4.69) is 9.97 Å². The Morgan fingerprint density at radius 2 is 2.26 bits per heavy atom. The highest BCUT2D eigenvalue weighted by Gasteiger charge is 2.13. The molecule has 2 heterocycles. The molecule has 0 saturated heterocycles. The van der Waals surface area contributed by atoms with E-state index < -0.39 is 0 Å². The second-order valence-corrected chi connectivity index (χ2v) is 4.06. The molecule has 1 amide bonds. The van der Waals surface area contributed by atoms with Gasteiger partial charge in [0.15, 0.2) is 0 Å². The predicted molar refractivity (Wildman–Crippen MR) is 69.0 cm³/mol. The number of aromatic nitrogens is 2. The molecule has 0 N–H and O–H groups in total. The molecule has 0 atom stereocenters. The first-order valence-electron chi connectivity index (χ1n) is 5.71. The zero-order valence-electron chi connectivity index (χ0n) is 10.4. The van der Waals surface area contributed by atoms with Crippen LogP contribution in [0.1, 0.15) is 21.6 Å². The van der Waals surface area contributed by atoms with Crippen molar-refractivity contribution in [3.8, 4) is 6.07 Å². The third-order valence-corrected chi connectivity index (χ3v) is 2.60. The first-order valence-corrected chi connectivity index (χ1v) is 5.71. The highest BCUT2D eigenvalue weighted by molar-refractivity contribution is 5.92. The quantitative estimate of drug-likeness (QED) is 0.832. The van der Waals surface area contributed by atoms with Crippen LogP contribution in [0, 0.1) is 11.3 Å². The average molecular weight is 252 g/mol. The molecule has 0 radical (unpaired) electrons. The van der Waals surface area contributed by atoms with Gasteiger partial charge in [-0.25, -0.2) is 0 Å². The van der Waals surface area contributed by atoms with Crippen molar-refractivity contribution in [2.45, 2.75) is 6.54 Å². The van der Waals surface area contributed by atoms with Crippen LogP contribution in [-0.4, -0.2) is 27.8 Å². The lowest BCUT2D eigenvalue weighted by Crippen LogP contribution is -2.27. The van der Waals surface area contributed by atoms with Crippen LogP contribution >= 0.6 is 0 Å². The van der Waals surface area contributed by atoms with Gasteiger partial charge in [-0.05, 0) is 23.8 Å². The molecule has 94 valence electrons. The van der Waals surface area contributed by atoms with E-state index >= 15 is 0 Å². The molecule has 2 rings (SSSR count). The van der Waals surface area contributed by atoms with Crippen LogP contribution < -0.4 is 0 Å². The largest absolute Gasteiger partial charge is 0.336 e. The van der Waals surface area contributed by atoms with Crippen LogP contribution in [0.5, 0.6) is 0 Å². The zero-order valence-corrected chi connectivity index (χ0v) is 10.4. The second kappa shape index (κ2) is 5.74. The molecule has 0 fully saturated rings. The molecule has 2 aromatic rings. The molecule has 5 nitrogen and oxygen atoms in total. The van der Waals surface area contributed by atoms with Gasteiger partial charge in [0.2, 0.25) is 0 Å². The summed E-state index contributed by atoms with van der Waals surface area (Å²) in [6.07, 6.45) is 4.86. The molecule has 0 aliphatic carbocycles. The number of nitrogens with zero attached hydrogens (tertiary/aromatic N) is 4. The summed E-state index contributed by atoms with van der Waals surface area (Å²) >= 11 is 0. The molecule has 19 heavy (non-hydrogen) atoms. The first-order chi connectivity index (χ1) is 9.20. The highest BCUT2D eigenvalue weighted by Crippen LogP contribution is 2.07. The van der Waals surface area contributed by atoms with E-state index in [1.54, 1.807) is 30.4 Å². The normalized spacial score (nSPS) is 9.68. The van der Waals surface area contributed by atoms with Gasteiger partial charge < -0.3 is 4.90 Å². The number of hydrogen-bond acceptors (Lipinski definition) is 4. The van der Waals surface area contributed by atoms with Crippen molar-refractivity contribution in [3.05, 3.63) is 59.7 Å². The molecule has 0 saturated carbocycles. The minimum atomic E-state index is -0.221. The standard InChI is InChI=1S/C14H12N4O/c1-18(10-12-3-2-5-16-9-12)14(19)13-7-11(8-15)4-6-17-13/h2-7,9H,10H2,1H3. The van der Waals surface area contributed by atoms with Gasteiger partial charge in [0.05, 0.1) is 11.6 Å². The smallest absolute Gasteiger partial charge is 0.272 e. The number of hydrogen-bond donors (Lipinski definition) is 0. The van der Waals surface area contributed by atoms with Crippen molar-refractivity contribution in [3.63, 3.8) is 0 Å². The molecule has 0 spiro atoms. The van der Waals surface area contributed by atoms with Gasteiger partial charge in [0, 0.05) is 32.2 Å². The summed E-state index contributed by atoms with van der Waals surface area (Å²) in [5.41, 5.74) is 1.63. The van der Waals surface area contributed by atoms with E-state index in [9.17, 15) is 4.79 Å². The number of carbonyl (C=O) groups excluding carboxylic acids is 1. The van der Waals surface area contributed by atoms with Gasteiger partial charge in [-0.2, -0.15) is 5.26 Å². The summed E-state index contributed by atoms with van der Waals surface area (Å²) in [5, 5.41) is 8.81. The Kier molecular flexibility index (Phi) is 3.84. The van der Waals surface area contributed by atoms with Crippen LogP contribution in [0.2, 0.25) is 0 Å². The molecule has 0 bridgehead atoms. The Morgan fingerprint density at radius 3 is 2.95 bits per heavy atom. The van der Waals surface area contributed by atoms with E-state index in [-0.39, 0.29) is 11.6 Å². The number of nitriles is 1. The molecule has 0 aromatic carbocycles. The Bertz CT molecular complexity index is 619. The van der Waals surface area contributed by atoms with Crippen molar-refractivity contribution in [1.29, 1.82) is 5.26 Å². The predicted octanol–water partition coefficient (Wildman–Crippen LogP) is 1.62. The van der Waals surface area contributed by atoms with Crippen LogP contribution in [0.4, 0.5) is 0 Å². The van der Waals surface area contributed by atoms with Crippen molar-refractivity contribution in [2.75, 3.05) is 7.05 Å². The minimum absolute atomic E-state index is 0.221. The van der Waals surface area contributed by atoms with E-state index in [0.717, 1.165) is 5.56 Å². The molecule has 0 aliphatic rings. The zero-order chi connectivity index (χ0) is 13.7. The molecular weight excluding hydrogens is 240 g/mol. The Balaban J connectivity index is 2.13. The monoisotopic (exact) mass is 252 g/mol. The molecular formula is C14H12N4O. The molecule has 0 aliphatic heterocycles. The summed E-state index contributed by atoms with van der Waals surface area (Å²) in [6, 6.07) is 8.77. The summed E-state index contributed by atoms with van der Waals surface area (Å²) in [6.45, 7) is 0.450. The Hall–Kier alpha value is -2.74. The van der Waals surface area contributed by atoms with Gasteiger partial charge >= 0.3 is 0 Å². The van der Waals surface area contributed by atoms with Crippen molar-refractivity contribution in [2.24, 2.45) is 0 Å². The Labute approximate surface area is 111 Å². The number of amides is 1. The molecule has 0 unspecified atom stereocenters. The average Bonchev–Trinajstić information content (AvgIpc) is 2.47. The van der Waals surface area contributed by atoms with Gasteiger partial charge in [-0.1, -0.05) is 6.07 Å². The number of pyridine rings is 2. The van der Waals surface area contributed by atoms with Crippen molar-refractivity contribution < 1.29 is 4.79 Å². The van der Waals surface area contributed by atoms with Crippen LogP contribution in [0.25, 0.3) is 0 Å². The van der Waals surface area contributed by atoms with Crippen LogP contribution in [0.3, 0.4) is 0 Å². The van der Waals surface area contributed by atoms with Gasteiger partial charge in [0.1, 0.15) is 5.69 Å². The summed E-state index contributed by atoms with van der Waals surface area (Å²) < 4.78 is 0. The summed E-state index contributed by atoms with van der Waals surface area (Å²) in [7, 11) is 1.69.